The maximum atomic E-state index is 11.5. The van der Waals surface area contributed by atoms with Crippen molar-refractivity contribution < 1.29 is 24.9 Å². The van der Waals surface area contributed by atoms with Gasteiger partial charge in [-0.1, -0.05) is 48.5 Å². The number of fused-ring (bicyclic) bond motifs is 2. The highest BCUT2D eigenvalue weighted by Gasteiger charge is 2.32. The largest absolute Gasteiger partial charge is 0.490 e. The molecule has 0 aromatic heterocycles. The highest BCUT2D eigenvalue weighted by Crippen LogP contribution is 2.38. The summed E-state index contributed by atoms with van der Waals surface area (Å²) in [5, 5.41) is 34.7. The zero-order valence-corrected chi connectivity index (χ0v) is 15.1. The molecule has 27 heavy (non-hydrogen) atoms. The van der Waals surface area contributed by atoms with E-state index in [4.69, 9.17) is 9.84 Å². The van der Waals surface area contributed by atoms with E-state index in [1.807, 2.05) is 48.5 Å². The lowest BCUT2D eigenvalue weighted by Crippen LogP contribution is -2.52. The van der Waals surface area contributed by atoms with Crippen LogP contribution in [0.5, 0.6) is 5.75 Å². The van der Waals surface area contributed by atoms with Gasteiger partial charge in [0.15, 0.2) is 0 Å². The molecule has 0 aliphatic heterocycles. The number of benzene rings is 3. The van der Waals surface area contributed by atoms with Crippen LogP contribution in [0.4, 0.5) is 0 Å². The average Bonchev–Trinajstić information content (AvgIpc) is 2.70. The second kappa shape index (κ2) is 7.92. The Bertz CT molecular complexity index is 914. The molecular weight excluding hydrogens is 346 g/mol. The summed E-state index contributed by atoms with van der Waals surface area (Å²) in [5.74, 6) is -0.413. The van der Waals surface area contributed by atoms with Crippen molar-refractivity contribution in [2.75, 3.05) is 19.8 Å². The zero-order valence-electron chi connectivity index (χ0n) is 15.1. The van der Waals surface area contributed by atoms with Crippen molar-refractivity contribution in [3.05, 3.63) is 54.1 Å². The number of aliphatic carboxylic acids is 1. The number of carbonyl (C=O) groups is 1. The van der Waals surface area contributed by atoms with Crippen molar-refractivity contribution in [3.8, 4) is 5.75 Å². The van der Waals surface area contributed by atoms with E-state index in [0.717, 1.165) is 27.1 Å². The first kappa shape index (κ1) is 19.1. The van der Waals surface area contributed by atoms with Crippen LogP contribution < -0.4 is 10.1 Å². The molecule has 0 amide bonds. The van der Waals surface area contributed by atoms with Gasteiger partial charge >= 0.3 is 5.97 Å². The van der Waals surface area contributed by atoms with Gasteiger partial charge in [-0.15, -0.1) is 0 Å². The predicted molar refractivity (Wildman–Crippen MR) is 104 cm³/mol. The molecule has 1 atom stereocenters. The van der Waals surface area contributed by atoms with Crippen LogP contribution in [0, 0.1) is 0 Å². The Kier molecular flexibility index (Phi) is 5.60. The van der Waals surface area contributed by atoms with Crippen LogP contribution in [0.15, 0.2) is 48.5 Å². The van der Waals surface area contributed by atoms with Gasteiger partial charge in [-0.05, 0) is 23.3 Å². The topological polar surface area (TPSA) is 99.0 Å². The van der Waals surface area contributed by atoms with Gasteiger partial charge in [-0.25, -0.2) is 0 Å². The molecule has 3 aromatic carbocycles. The highest BCUT2D eigenvalue weighted by atomic mass is 16.5. The van der Waals surface area contributed by atoms with Gasteiger partial charge in [0.2, 0.25) is 0 Å². The van der Waals surface area contributed by atoms with Crippen LogP contribution in [0.1, 0.15) is 12.5 Å². The fourth-order valence-electron chi connectivity index (χ4n) is 3.15. The molecule has 6 heteroatoms. The van der Waals surface area contributed by atoms with Crippen molar-refractivity contribution >= 4 is 27.5 Å². The summed E-state index contributed by atoms with van der Waals surface area (Å²) in [7, 11) is 0. The molecule has 0 aliphatic carbocycles. The van der Waals surface area contributed by atoms with E-state index in [0.29, 0.717) is 5.75 Å². The van der Waals surface area contributed by atoms with Crippen LogP contribution >= 0.6 is 0 Å². The Morgan fingerprint density at radius 3 is 1.96 bits per heavy atom. The van der Waals surface area contributed by atoms with Gasteiger partial charge in [0.25, 0.3) is 0 Å². The summed E-state index contributed by atoms with van der Waals surface area (Å²) in [5.41, 5.74) is -0.507. The van der Waals surface area contributed by atoms with Crippen LogP contribution in [0.3, 0.4) is 0 Å². The van der Waals surface area contributed by atoms with Gasteiger partial charge in [-0.3, -0.25) is 10.1 Å². The van der Waals surface area contributed by atoms with Gasteiger partial charge < -0.3 is 20.1 Å². The number of hydrogen-bond donors (Lipinski definition) is 4. The zero-order chi connectivity index (χ0) is 19.4. The molecule has 0 saturated heterocycles. The first-order valence-corrected chi connectivity index (χ1v) is 8.77. The lowest BCUT2D eigenvalue weighted by Gasteiger charge is -2.25. The van der Waals surface area contributed by atoms with Gasteiger partial charge in [0.05, 0.1) is 13.2 Å². The molecule has 0 bridgehead atoms. The van der Waals surface area contributed by atoms with Crippen molar-refractivity contribution in [1.82, 2.24) is 5.32 Å². The number of rotatable bonds is 8. The molecule has 6 nitrogen and oxygen atoms in total. The Hall–Kier alpha value is -2.67. The third-order valence-electron chi connectivity index (χ3n) is 4.77. The molecular formula is C21H23NO5. The number of carboxylic acid groups (broad SMARTS) is 1. The minimum Gasteiger partial charge on any atom is -0.490 e. The van der Waals surface area contributed by atoms with E-state index >= 15 is 0 Å². The SMILES string of the molecule is CC(CO)(NCc1c2ccccc2c(OCCO)c2ccccc12)C(=O)O. The van der Waals surface area contributed by atoms with Crippen LogP contribution in [0.25, 0.3) is 21.5 Å². The second-order valence-corrected chi connectivity index (χ2v) is 6.62. The van der Waals surface area contributed by atoms with Crippen molar-refractivity contribution in [1.29, 1.82) is 0 Å². The van der Waals surface area contributed by atoms with Crippen LogP contribution in [-0.4, -0.2) is 46.6 Å². The Morgan fingerprint density at radius 2 is 1.52 bits per heavy atom. The number of ether oxygens (including phenoxy) is 1. The van der Waals surface area contributed by atoms with Crippen molar-refractivity contribution in [2.24, 2.45) is 0 Å². The van der Waals surface area contributed by atoms with E-state index < -0.39 is 18.1 Å². The molecule has 0 fully saturated rings. The third-order valence-corrected chi connectivity index (χ3v) is 4.77. The van der Waals surface area contributed by atoms with E-state index in [2.05, 4.69) is 5.32 Å². The molecule has 0 heterocycles. The summed E-state index contributed by atoms with van der Waals surface area (Å²) in [6, 6.07) is 15.5. The monoisotopic (exact) mass is 369 g/mol. The Labute approximate surface area is 157 Å². The fourth-order valence-corrected chi connectivity index (χ4v) is 3.15. The number of hydrogen-bond acceptors (Lipinski definition) is 5. The molecule has 0 radical (unpaired) electrons. The molecule has 0 aliphatic rings. The molecule has 1 unspecified atom stereocenters. The minimum absolute atomic E-state index is 0.0839. The minimum atomic E-state index is -1.44. The third kappa shape index (κ3) is 3.60. The Balaban J connectivity index is 2.18. The maximum Gasteiger partial charge on any atom is 0.326 e. The Morgan fingerprint density at radius 1 is 1.00 bits per heavy atom. The van der Waals surface area contributed by atoms with Gasteiger partial charge in [0.1, 0.15) is 17.9 Å². The van der Waals surface area contributed by atoms with Gasteiger partial charge in [0, 0.05) is 17.3 Å². The smallest absolute Gasteiger partial charge is 0.326 e. The summed E-state index contributed by atoms with van der Waals surface area (Å²) >= 11 is 0. The number of aliphatic hydroxyl groups is 2. The summed E-state index contributed by atoms with van der Waals surface area (Å²) in [4.78, 5) is 11.5. The predicted octanol–water partition coefficient (Wildman–Crippen LogP) is 2.29. The lowest BCUT2D eigenvalue weighted by molar-refractivity contribution is -0.145. The molecule has 0 spiro atoms. The van der Waals surface area contributed by atoms with E-state index in [1.54, 1.807) is 0 Å². The molecule has 4 N–H and O–H groups in total. The van der Waals surface area contributed by atoms with E-state index in [9.17, 15) is 15.0 Å². The number of aliphatic hydroxyl groups excluding tert-OH is 2. The van der Waals surface area contributed by atoms with E-state index in [1.165, 1.54) is 6.92 Å². The van der Waals surface area contributed by atoms with E-state index in [-0.39, 0.29) is 19.8 Å². The quantitative estimate of drug-likeness (QED) is 0.455. The van der Waals surface area contributed by atoms with Crippen molar-refractivity contribution in [3.63, 3.8) is 0 Å². The standard InChI is InChI=1S/C21H23NO5/c1-21(13-24,20(25)26)22-12-18-14-6-2-4-8-16(14)19(27-11-10-23)17-9-5-3-7-15(17)18/h2-9,22-24H,10-13H2,1H3,(H,25,26). The summed E-state index contributed by atoms with van der Waals surface area (Å²) < 4.78 is 5.84. The maximum absolute atomic E-state index is 11.5. The molecule has 3 aromatic rings. The van der Waals surface area contributed by atoms with Crippen LogP contribution in [0.2, 0.25) is 0 Å². The average molecular weight is 369 g/mol. The summed E-state index contributed by atoms with van der Waals surface area (Å²) in [6.45, 7) is 1.31. The molecule has 3 rings (SSSR count). The number of nitrogens with one attached hydrogen (secondary N) is 1. The second-order valence-electron chi connectivity index (χ2n) is 6.62. The number of carboxylic acids is 1. The lowest BCUT2D eigenvalue weighted by atomic mass is 9.94. The first-order valence-electron chi connectivity index (χ1n) is 8.77. The summed E-state index contributed by atoms with van der Waals surface area (Å²) in [6.07, 6.45) is 0. The highest BCUT2D eigenvalue weighted by molar-refractivity contribution is 6.08. The van der Waals surface area contributed by atoms with Crippen molar-refractivity contribution in [2.45, 2.75) is 19.0 Å². The first-order chi connectivity index (χ1) is 13.0. The molecule has 142 valence electrons. The fraction of sp³-hybridized carbons (Fsp3) is 0.286. The normalized spacial score (nSPS) is 13.6. The van der Waals surface area contributed by atoms with Gasteiger partial charge in [-0.2, -0.15) is 0 Å². The molecule has 0 saturated carbocycles. The van der Waals surface area contributed by atoms with Crippen LogP contribution in [-0.2, 0) is 11.3 Å².